The number of imidazole rings is 1. The fourth-order valence-electron chi connectivity index (χ4n) is 3.05. The summed E-state index contributed by atoms with van der Waals surface area (Å²) in [4.78, 5) is 16.3. The maximum atomic E-state index is 5.48. The van der Waals surface area contributed by atoms with Crippen molar-refractivity contribution in [3.8, 4) is 11.4 Å². The summed E-state index contributed by atoms with van der Waals surface area (Å²) in [5.74, 6) is 1.61. The van der Waals surface area contributed by atoms with Crippen molar-refractivity contribution in [1.82, 2.24) is 24.9 Å². The molecule has 1 saturated heterocycles. The Morgan fingerprint density at radius 2 is 1.88 bits per heavy atom. The standard InChI is InChI=1S/C18H23N7O/c1-3-20-23-14-6-4-13(5-7-14)16-21-17-15(24(2)12-19-17)18(22-16)25-8-10-26-11-9-25/h4-7,12,20,23H,3,8-11H2,1-2H3. The lowest BCUT2D eigenvalue weighted by molar-refractivity contribution is 0.122. The Kier molecular flexibility index (Phi) is 4.68. The van der Waals surface area contributed by atoms with Gasteiger partial charge in [0.15, 0.2) is 17.3 Å². The molecule has 2 aromatic heterocycles. The van der Waals surface area contributed by atoms with E-state index in [-0.39, 0.29) is 0 Å². The molecule has 0 spiro atoms. The molecular formula is C18H23N7O. The number of anilines is 2. The number of nitrogens with one attached hydrogen (secondary N) is 2. The minimum absolute atomic E-state index is 0.688. The highest BCUT2D eigenvalue weighted by molar-refractivity contribution is 5.86. The molecule has 0 saturated carbocycles. The summed E-state index contributed by atoms with van der Waals surface area (Å²) in [5.41, 5.74) is 9.88. The third-order valence-electron chi connectivity index (χ3n) is 4.42. The van der Waals surface area contributed by atoms with Gasteiger partial charge in [-0.1, -0.05) is 6.92 Å². The monoisotopic (exact) mass is 353 g/mol. The van der Waals surface area contributed by atoms with Crippen LogP contribution < -0.4 is 15.8 Å². The molecule has 1 fully saturated rings. The van der Waals surface area contributed by atoms with Crippen molar-refractivity contribution in [3.63, 3.8) is 0 Å². The van der Waals surface area contributed by atoms with Crippen molar-refractivity contribution in [2.24, 2.45) is 7.05 Å². The van der Waals surface area contributed by atoms with Crippen molar-refractivity contribution in [3.05, 3.63) is 30.6 Å². The van der Waals surface area contributed by atoms with Crippen LogP contribution in [-0.4, -0.2) is 52.4 Å². The van der Waals surface area contributed by atoms with E-state index in [1.165, 1.54) is 0 Å². The Labute approximate surface area is 152 Å². The van der Waals surface area contributed by atoms with Crippen LogP contribution >= 0.6 is 0 Å². The summed E-state index contributed by atoms with van der Waals surface area (Å²) in [7, 11) is 1.98. The maximum absolute atomic E-state index is 5.48. The van der Waals surface area contributed by atoms with E-state index >= 15 is 0 Å². The molecule has 0 amide bonds. The number of benzene rings is 1. The van der Waals surface area contributed by atoms with Gasteiger partial charge in [0, 0.05) is 37.9 Å². The number of hydrogen-bond acceptors (Lipinski definition) is 7. The lowest BCUT2D eigenvalue weighted by Gasteiger charge is -2.28. The van der Waals surface area contributed by atoms with E-state index in [2.05, 4.69) is 25.7 Å². The van der Waals surface area contributed by atoms with Gasteiger partial charge in [-0.3, -0.25) is 0 Å². The molecule has 4 rings (SSSR count). The number of aromatic nitrogens is 4. The zero-order valence-corrected chi connectivity index (χ0v) is 15.1. The summed E-state index contributed by atoms with van der Waals surface area (Å²) < 4.78 is 7.46. The zero-order chi connectivity index (χ0) is 17.9. The highest BCUT2D eigenvalue weighted by Crippen LogP contribution is 2.27. The van der Waals surface area contributed by atoms with Crippen LogP contribution in [0, 0.1) is 0 Å². The molecule has 3 aromatic rings. The largest absolute Gasteiger partial charge is 0.378 e. The minimum Gasteiger partial charge on any atom is -0.378 e. The van der Waals surface area contributed by atoms with E-state index in [4.69, 9.17) is 9.72 Å². The zero-order valence-electron chi connectivity index (χ0n) is 15.1. The van der Waals surface area contributed by atoms with E-state index in [1.807, 2.05) is 42.8 Å². The molecule has 0 atom stereocenters. The van der Waals surface area contributed by atoms with Crippen LogP contribution in [0.5, 0.6) is 0 Å². The van der Waals surface area contributed by atoms with Gasteiger partial charge >= 0.3 is 0 Å². The second kappa shape index (κ2) is 7.27. The SMILES string of the molecule is CCNNc1ccc(-c2nc(N3CCOCC3)c3c(ncn3C)n2)cc1. The third kappa shape index (κ3) is 3.21. The average molecular weight is 353 g/mol. The van der Waals surface area contributed by atoms with Gasteiger partial charge in [-0.05, 0) is 24.3 Å². The Balaban J connectivity index is 1.73. The van der Waals surface area contributed by atoms with Crippen LogP contribution in [0.1, 0.15) is 6.92 Å². The number of fused-ring (bicyclic) bond motifs is 1. The van der Waals surface area contributed by atoms with Crippen LogP contribution in [0.15, 0.2) is 30.6 Å². The molecular weight excluding hydrogens is 330 g/mol. The minimum atomic E-state index is 0.688. The van der Waals surface area contributed by atoms with Crippen LogP contribution in [0.2, 0.25) is 0 Å². The Morgan fingerprint density at radius 3 is 2.62 bits per heavy atom. The fraction of sp³-hybridized carbons (Fsp3) is 0.389. The molecule has 1 aliphatic heterocycles. The van der Waals surface area contributed by atoms with Crippen LogP contribution in [0.25, 0.3) is 22.6 Å². The first-order valence-corrected chi connectivity index (χ1v) is 8.87. The molecule has 1 aromatic carbocycles. The van der Waals surface area contributed by atoms with Crippen molar-refractivity contribution < 1.29 is 4.74 Å². The summed E-state index contributed by atoms with van der Waals surface area (Å²) >= 11 is 0. The number of nitrogens with zero attached hydrogens (tertiary/aromatic N) is 5. The second-order valence-corrected chi connectivity index (χ2v) is 6.23. The summed E-state index contributed by atoms with van der Waals surface area (Å²) in [6.45, 7) is 5.96. The second-order valence-electron chi connectivity index (χ2n) is 6.23. The van der Waals surface area contributed by atoms with Crippen LogP contribution in [0.4, 0.5) is 11.5 Å². The van der Waals surface area contributed by atoms with Gasteiger partial charge in [-0.25, -0.2) is 20.4 Å². The number of rotatable bonds is 5. The van der Waals surface area contributed by atoms with Crippen LogP contribution in [0.3, 0.4) is 0 Å². The van der Waals surface area contributed by atoms with Gasteiger partial charge in [0.05, 0.1) is 19.5 Å². The van der Waals surface area contributed by atoms with Crippen molar-refractivity contribution in [2.45, 2.75) is 6.92 Å². The topological polar surface area (TPSA) is 80.1 Å². The quantitative estimate of drug-likeness (QED) is 0.677. The molecule has 8 nitrogen and oxygen atoms in total. The van der Waals surface area contributed by atoms with E-state index in [9.17, 15) is 0 Å². The predicted molar refractivity (Wildman–Crippen MR) is 102 cm³/mol. The Bertz CT molecular complexity index is 884. The maximum Gasteiger partial charge on any atom is 0.183 e. The van der Waals surface area contributed by atoms with E-state index < -0.39 is 0 Å². The van der Waals surface area contributed by atoms with Crippen LogP contribution in [-0.2, 0) is 11.8 Å². The van der Waals surface area contributed by atoms with E-state index in [1.54, 1.807) is 6.33 Å². The average Bonchev–Trinajstić information content (AvgIpc) is 3.08. The summed E-state index contributed by atoms with van der Waals surface area (Å²) in [6, 6.07) is 8.07. The van der Waals surface area contributed by atoms with Crippen molar-refractivity contribution in [2.75, 3.05) is 43.2 Å². The highest BCUT2D eigenvalue weighted by Gasteiger charge is 2.20. The third-order valence-corrected chi connectivity index (χ3v) is 4.42. The van der Waals surface area contributed by atoms with Crippen molar-refractivity contribution >= 4 is 22.7 Å². The van der Waals surface area contributed by atoms with E-state index in [0.29, 0.717) is 24.7 Å². The van der Waals surface area contributed by atoms with Gasteiger partial charge in [0.25, 0.3) is 0 Å². The van der Waals surface area contributed by atoms with E-state index in [0.717, 1.165) is 42.2 Å². The summed E-state index contributed by atoms with van der Waals surface area (Å²) in [6.07, 6.45) is 1.79. The number of morpholine rings is 1. The summed E-state index contributed by atoms with van der Waals surface area (Å²) in [5, 5.41) is 0. The Morgan fingerprint density at radius 1 is 1.12 bits per heavy atom. The lowest BCUT2D eigenvalue weighted by atomic mass is 10.2. The normalized spacial score (nSPS) is 14.8. The Hall–Kier alpha value is -2.71. The molecule has 0 unspecified atom stereocenters. The van der Waals surface area contributed by atoms with Gasteiger partial charge in [0.2, 0.25) is 0 Å². The number of aryl methyl sites for hydroxylation is 1. The van der Waals surface area contributed by atoms with Gasteiger partial charge < -0.3 is 19.6 Å². The molecule has 136 valence electrons. The molecule has 0 radical (unpaired) electrons. The molecule has 0 bridgehead atoms. The van der Waals surface area contributed by atoms with Gasteiger partial charge in [-0.15, -0.1) is 0 Å². The molecule has 1 aliphatic rings. The van der Waals surface area contributed by atoms with Gasteiger partial charge in [-0.2, -0.15) is 0 Å². The fourth-order valence-corrected chi connectivity index (χ4v) is 3.05. The number of hydrazine groups is 1. The molecule has 26 heavy (non-hydrogen) atoms. The predicted octanol–water partition coefficient (Wildman–Crippen LogP) is 1.80. The first-order chi connectivity index (χ1) is 12.8. The highest BCUT2D eigenvalue weighted by atomic mass is 16.5. The van der Waals surface area contributed by atoms with Crippen molar-refractivity contribution in [1.29, 1.82) is 0 Å². The molecule has 2 N–H and O–H groups in total. The van der Waals surface area contributed by atoms with Gasteiger partial charge in [0.1, 0.15) is 5.52 Å². The number of ether oxygens (including phenoxy) is 1. The molecule has 8 heteroatoms. The molecule has 0 aliphatic carbocycles. The lowest BCUT2D eigenvalue weighted by Crippen LogP contribution is -2.37. The first-order valence-electron chi connectivity index (χ1n) is 8.87. The molecule has 3 heterocycles. The smallest absolute Gasteiger partial charge is 0.183 e. The number of hydrogen-bond donors (Lipinski definition) is 2. The first kappa shape index (κ1) is 16.7.